The van der Waals surface area contributed by atoms with Crippen LogP contribution in [0.15, 0.2) is 249 Å². The number of fused-ring (bicyclic) bond motifs is 6. The van der Waals surface area contributed by atoms with Crippen molar-refractivity contribution >= 4 is 80.1 Å². The molecule has 0 bridgehead atoms. The van der Waals surface area contributed by atoms with Crippen molar-refractivity contribution in [2.45, 2.75) is 14.4 Å². The molecule has 0 aliphatic heterocycles. The maximum atomic E-state index is 3.51. The third kappa shape index (κ3) is 8.86. The zero-order valence-corrected chi connectivity index (χ0v) is 37.2. The van der Waals surface area contributed by atoms with Gasteiger partial charge in [-0.1, -0.05) is 196 Å². The third-order valence-corrected chi connectivity index (χ3v) is 14.0. The first-order valence-corrected chi connectivity index (χ1v) is 23.3. The Morgan fingerprint density at radius 2 is 0.892 bits per heavy atom. The molecule has 2 heterocycles. The number of benzene rings is 9. The molecule has 0 atom stereocenters. The molecule has 314 valence electrons. The van der Waals surface area contributed by atoms with Crippen molar-refractivity contribution in [2.24, 2.45) is 0 Å². The monoisotopic (exact) mass is 871 g/mol. The molecule has 65 heavy (non-hydrogen) atoms. The van der Waals surface area contributed by atoms with Gasteiger partial charge in [0, 0.05) is 57.4 Å². The topological polar surface area (TPSA) is 3.24 Å². The SMILES string of the molecule is C.C=C/C=C\C=C/C.c1ccc(-c2ccc(N(c3ccc(-c4ccccc4)cc3)c3ccc4sc5cc(-c6cccc(-c7cccc8c7sc7ccccc78)c6)ccc5c4c3)cc2)cc1. The first-order chi connectivity index (χ1) is 31.6. The quantitative estimate of drug-likeness (QED) is 0.131. The number of nitrogens with zero attached hydrogens (tertiary/aromatic N) is 1. The highest BCUT2D eigenvalue weighted by Crippen LogP contribution is 2.44. The van der Waals surface area contributed by atoms with Crippen LogP contribution in [0.25, 0.3) is 84.9 Å². The van der Waals surface area contributed by atoms with Crippen LogP contribution in [0.5, 0.6) is 0 Å². The van der Waals surface area contributed by atoms with Crippen LogP contribution in [0, 0.1) is 0 Å². The van der Waals surface area contributed by atoms with E-state index in [4.69, 9.17) is 0 Å². The summed E-state index contributed by atoms with van der Waals surface area (Å²) in [5.41, 5.74) is 13.2. The second kappa shape index (κ2) is 19.5. The van der Waals surface area contributed by atoms with E-state index in [2.05, 4.69) is 224 Å². The number of allylic oxidation sites excluding steroid dienone is 5. The Bertz CT molecular complexity index is 3360. The molecule has 0 saturated carbocycles. The smallest absolute Gasteiger partial charge is 0.0468 e. The molecule has 0 amide bonds. The zero-order valence-electron chi connectivity index (χ0n) is 35.6. The normalized spacial score (nSPS) is 11.3. The zero-order chi connectivity index (χ0) is 43.2. The van der Waals surface area contributed by atoms with E-state index in [0.29, 0.717) is 0 Å². The van der Waals surface area contributed by atoms with Crippen LogP contribution in [0.3, 0.4) is 0 Å². The molecule has 9 aromatic carbocycles. The van der Waals surface area contributed by atoms with Crippen LogP contribution in [-0.2, 0) is 0 Å². The molecule has 0 N–H and O–H groups in total. The number of anilines is 3. The minimum atomic E-state index is 0. The maximum absolute atomic E-state index is 3.51. The van der Waals surface area contributed by atoms with Crippen LogP contribution < -0.4 is 4.90 Å². The molecule has 2 aromatic heterocycles. The summed E-state index contributed by atoms with van der Waals surface area (Å²) in [6, 6.07) is 77.5. The van der Waals surface area contributed by atoms with Gasteiger partial charge in [0.05, 0.1) is 0 Å². The minimum Gasteiger partial charge on any atom is -0.310 e. The third-order valence-electron chi connectivity index (χ3n) is 11.6. The number of rotatable bonds is 9. The molecule has 0 spiro atoms. The predicted octanol–water partition coefficient (Wildman–Crippen LogP) is 19.5. The molecule has 0 saturated heterocycles. The largest absolute Gasteiger partial charge is 0.310 e. The van der Waals surface area contributed by atoms with Gasteiger partial charge in [-0.3, -0.25) is 0 Å². The van der Waals surface area contributed by atoms with Crippen molar-refractivity contribution in [1.29, 1.82) is 0 Å². The average molecular weight is 872 g/mol. The fraction of sp³-hybridized carbons (Fsp3) is 0.0323. The van der Waals surface area contributed by atoms with E-state index in [1.807, 2.05) is 53.9 Å². The Hall–Kier alpha value is -7.56. The summed E-state index contributed by atoms with van der Waals surface area (Å²) in [5, 5.41) is 5.22. The predicted molar refractivity (Wildman–Crippen MR) is 290 cm³/mol. The van der Waals surface area contributed by atoms with Crippen LogP contribution >= 0.6 is 22.7 Å². The van der Waals surface area contributed by atoms with Crippen LogP contribution in [0.1, 0.15) is 14.4 Å². The molecule has 1 nitrogen and oxygen atoms in total. The lowest BCUT2D eigenvalue weighted by atomic mass is 9.97. The van der Waals surface area contributed by atoms with E-state index < -0.39 is 0 Å². The molecule has 0 radical (unpaired) electrons. The van der Waals surface area contributed by atoms with Crippen molar-refractivity contribution in [3.05, 3.63) is 249 Å². The number of thiophene rings is 2. The van der Waals surface area contributed by atoms with Gasteiger partial charge in [-0.25, -0.2) is 0 Å². The lowest BCUT2D eigenvalue weighted by molar-refractivity contribution is 1.29. The van der Waals surface area contributed by atoms with Gasteiger partial charge >= 0.3 is 0 Å². The van der Waals surface area contributed by atoms with Gasteiger partial charge < -0.3 is 4.90 Å². The summed E-state index contributed by atoms with van der Waals surface area (Å²) < 4.78 is 5.26. The standard InChI is InChI=1S/C54H35NS2.C7H10.CH4/c1-3-11-36(12-4-1)38-21-26-43(27-22-38)55(44-28-23-39(24-29-44)37-13-5-2-6-14-37)45-30-32-52-50(35-45)48-31-25-41(34-53(48)56-52)40-15-9-16-42(33-40)46-18-10-19-49-47-17-7-8-20-51(47)57-54(46)49;1-3-5-7-6-4-2;/h1-35H;3-7H,1H2,2H3;1H4/b;6-4-,7-5-;. The highest BCUT2D eigenvalue weighted by Gasteiger charge is 2.17. The summed E-state index contributed by atoms with van der Waals surface area (Å²) in [6.45, 7) is 5.49. The second-order valence-corrected chi connectivity index (χ2v) is 17.8. The Morgan fingerprint density at radius 1 is 0.369 bits per heavy atom. The summed E-state index contributed by atoms with van der Waals surface area (Å²) in [5.74, 6) is 0. The van der Waals surface area contributed by atoms with Gasteiger partial charge in [-0.15, -0.1) is 22.7 Å². The summed E-state index contributed by atoms with van der Waals surface area (Å²) in [4.78, 5) is 2.38. The van der Waals surface area contributed by atoms with Crippen LogP contribution in [0.2, 0.25) is 0 Å². The van der Waals surface area contributed by atoms with Crippen LogP contribution in [0.4, 0.5) is 17.1 Å². The van der Waals surface area contributed by atoms with E-state index in [1.165, 1.54) is 84.9 Å². The molecule has 11 rings (SSSR count). The van der Waals surface area contributed by atoms with Gasteiger partial charge in [0.1, 0.15) is 0 Å². The fourth-order valence-corrected chi connectivity index (χ4v) is 10.9. The Balaban J connectivity index is 0.000000619. The van der Waals surface area contributed by atoms with Gasteiger partial charge in [-0.05, 0) is 112 Å². The van der Waals surface area contributed by atoms with E-state index in [1.54, 1.807) is 6.08 Å². The molecule has 0 aliphatic rings. The molecule has 0 unspecified atom stereocenters. The summed E-state index contributed by atoms with van der Waals surface area (Å²) in [6.07, 6.45) is 9.51. The number of hydrogen-bond donors (Lipinski definition) is 0. The molecule has 11 aromatic rings. The molecule has 0 fully saturated rings. The first kappa shape index (κ1) is 42.7. The van der Waals surface area contributed by atoms with Gasteiger partial charge in [0.2, 0.25) is 0 Å². The Labute approximate surface area is 390 Å². The van der Waals surface area contributed by atoms with E-state index in [9.17, 15) is 0 Å². The van der Waals surface area contributed by atoms with Crippen molar-refractivity contribution < 1.29 is 0 Å². The van der Waals surface area contributed by atoms with E-state index >= 15 is 0 Å². The van der Waals surface area contributed by atoms with E-state index in [0.717, 1.165) is 17.1 Å². The molecule has 0 aliphatic carbocycles. The first-order valence-electron chi connectivity index (χ1n) is 21.6. The highest BCUT2D eigenvalue weighted by molar-refractivity contribution is 7.26. The van der Waals surface area contributed by atoms with Gasteiger partial charge in [-0.2, -0.15) is 0 Å². The van der Waals surface area contributed by atoms with Crippen molar-refractivity contribution in [2.75, 3.05) is 4.90 Å². The van der Waals surface area contributed by atoms with E-state index in [-0.39, 0.29) is 7.43 Å². The highest BCUT2D eigenvalue weighted by atomic mass is 32.1. The number of hydrogen-bond acceptors (Lipinski definition) is 3. The van der Waals surface area contributed by atoms with Crippen LogP contribution in [-0.4, -0.2) is 0 Å². The molecular weight excluding hydrogens is 823 g/mol. The Morgan fingerprint density at radius 3 is 1.57 bits per heavy atom. The summed E-state index contributed by atoms with van der Waals surface area (Å²) in [7, 11) is 0. The van der Waals surface area contributed by atoms with Gasteiger partial charge in [0.15, 0.2) is 0 Å². The maximum Gasteiger partial charge on any atom is 0.0468 e. The lowest BCUT2D eigenvalue weighted by Gasteiger charge is -2.26. The van der Waals surface area contributed by atoms with Gasteiger partial charge in [0.25, 0.3) is 0 Å². The summed E-state index contributed by atoms with van der Waals surface area (Å²) >= 11 is 3.76. The Kier molecular flexibility index (Phi) is 12.8. The fourth-order valence-electron chi connectivity index (χ4n) is 8.49. The van der Waals surface area contributed by atoms with Crippen molar-refractivity contribution in [3.63, 3.8) is 0 Å². The van der Waals surface area contributed by atoms with Crippen molar-refractivity contribution in [3.8, 4) is 44.5 Å². The molecule has 3 heteroatoms. The lowest BCUT2D eigenvalue weighted by Crippen LogP contribution is -2.09. The van der Waals surface area contributed by atoms with Crippen molar-refractivity contribution in [1.82, 2.24) is 0 Å². The minimum absolute atomic E-state index is 0. The average Bonchev–Trinajstić information content (AvgIpc) is 3.93. The second-order valence-electron chi connectivity index (χ2n) is 15.7. The molecular formula is C62H49NS2.